The molecule has 0 aliphatic rings. The zero-order chi connectivity index (χ0) is 10.6. The third-order valence-electron chi connectivity index (χ3n) is 1.44. The summed E-state index contributed by atoms with van der Waals surface area (Å²) in [7, 11) is 0. The number of hydrogen-bond acceptors (Lipinski definition) is 2. The second-order valence-corrected chi connectivity index (χ2v) is 4.24. The van der Waals surface area contributed by atoms with E-state index in [2.05, 4.69) is 37.2 Å². The van der Waals surface area contributed by atoms with Gasteiger partial charge in [0.25, 0.3) is 0 Å². The van der Waals surface area contributed by atoms with Crippen molar-refractivity contribution < 1.29 is 9.53 Å². The van der Waals surface area contributed by atoms with Crippen LogP contribution in [0.5, 0.6) is 0 Å². The molecule has 1 N–H and O–H groups in total. The van der Waals surface area contributed by atoms with Crippen molar-refractivity contribution >= 4 is 43.6 Å². The summed E-state index contributed by atoms with van der Waals surface area (Å²) in [5, 5.41) is 2.61. The number of halogens is 2. The van der Waals surface area contributed by atoms with Gasteiger partial charge in [-0.1, -0.05) is 15.9 Å². The maximum absolute atomic E-state index is 11.1. The molecule has 0 spiro atoms. The molecule has 76 valence electrons. The molecule has 0 saturated carbocycles. The van der Waals surface area contributed by atoms with Crippen LogP contribution in [0, 0.1) is 0 Å². The average molecular weight is 323 g/mol. The Hall–Kier alpha value is -0.550. The number of hydrogen-bond donors (Lipinski definition) is 1. The Morgan fingerprint density at radius 2 is 2.21 bits per heavy atom. The van der Waals surface area contributed by atoms with Crippen LogP contribution in [0.4, 0.5) is 10.5 Å². The second kappa shape index (κ2) is 5.36. The Morgan fingerprint density at radius 1 is 1.50 bits per heavy atom. The van der Waals surface area contributed by atoms with Gasteiger partial charge in [0.1, 0.15) is 0 Å². The Labute approximate surface area is 99.1 Å². The Balaban J connectivity index is 2.72. The maximum Gasteiger partial charge on any atom is 0.411 e. The fourth-order valence-electron chi connectivity index (χ4n) is 0.868. The smallest absolute Gasteiger partial charge is 0.411 e. The Kier molecular flexibility index (Phi) is 4.41. The lowest BCUT2D eigenvalue weighted by Crippen LogP contribution is -2.13. The molecule has 14 heavy (non-hydrogen) atoms. The van der Waals surface area contributed by atoms with E-state index in [1.807, 2.05) is 12.1 Å². The summed E-state index contributed by atoms with van der Waals surface area (Å²) in [5.41, 5.74) is 0.687. The summed E-state index contributed by atoms with van der Waals surface area (Å²) in [6.07, 6.45) is -0.449. The van der Waals surface area contributed by atoms with Gasteiger partial charge >= 0.3 is 6.09 Å². The van der Waals surface area contributed by atoms with Crippen LogP contribution < -0.4 is 5.32 Å². The highest BCUT2D eigenvalue weighted by atomic mass is 79.9. The van der Waals surface area contributed by atoms with Gasteiger partial charge in [0, 0.05) is 8.95 Å². The summed E-state index contributed by atoms with van der Waals surface area (Å²) in [4.78, 5) is 11.1. The molecule has 0 aliphatic heterocycles. The van der Waals surface area contributed by atoms with Crippen molar-refractivity contribution in [3.63, 3.8) is 0 Å². The van der Waals surface area contributed by atoms with Crippen molar-refractivity contribution in [2.45, 2.75) is 6.92 Å². The molecule has 1 rings (SSSR count). The summed E-state index contributed by atoms with van der Waals surface area (Å²) in [5.74, 6) is 0. The van der Waals surface area contributed by atoms with Crippen LogP contribution in [0.15, 0.2) is 27.1 Å². The number of benzene rings is 1. The molecule has 0 bridgehead atoms. The maximum atomic E-state index is 11.1. The standard InChI is InChI=1S/C9H9Br2NO2/c1-2-14-9(13)12-8-4-3-6(10)5-7(8)11/h3-5H,2H2,1H3,(H,12,13). The number of ether oxygens (including phenoxy) is 1. The summed E-state index contributed by atoms with van der Waals surface area (Å²) in [6.45, 7) is 2.12. The average Bonchev–Trinajstić information content (AvgIpc) is 2.10. The number of rotatable bonds is 2. The molecule has 0 heterocycles. The van der Waals surface area contributed by atoms with Crippen LogP contribution in [-0.4, -0.2) is 12.7 Å². The van der Waals surface area contributed by atoms with Crippen molar-refractivity contribution in [3.05, 3.63) is 27.1 Å². The molecule has 1 amide bonds. The quantitative estimate of drug-likeness (QED) is 0.899. The van der Waals surface area contributed by atoms with Crippen LogP contribution in [0.2, 0.25) is 0 Å². The monoisotopic (exact) mass is 321 g/mol. The molecule has 0 fully saturated rings. The van der Waals surface area contributed by atoms with Gasteiger partial charge in [0.15, 0.2) is 0 Å². The van der Waals surface area contributed by atoms with Crippen LogP contribution in [0.3, 0.4) is 0 Å². The summed E-state index contributed by atoms with van der Waals surface area (Å²) in [6, 6.07) is 5.47. The van der Waals surface area contributed by atoms with E-state index in [1.54, 1.807) is 13.0 Å². The first kappa shape index (κ1) is 11.5. The van der Waals surface area contributed by atoms with Gasteiger partial charge in [-0.15, -0.1) is 0 Å². The van der Waals surface area contributed by atoms with E-state index in [1.165, 1.54) is 0 Å². The Morgan fingerprint density at radius 3 is 2.79 bits per heavy atom. The molecule has 0 aromatic heterocycles. The minimum Gasteiger partial charge on any atom is -0.450 e. The predicted octanol–water partition coefficient (Wildman–Crippen LogP) is 3.78. The lowest BCUT2D eigenvalue weighted by molar-refractivity contribution is 0.168. The van der Waals surface area contributed by atoms with E-state index in [0.29, 0.717) is 12.3 Å². The van der Waals surface area contributed by atoms with Crippen molar-refractivity contribution in [3.8, 4) is 0 Å². The van der Waals surface area contributed by atoms with Crippen LogP contribution in [0.1, 0.15) is 6.92 Å². The molecule has 1 aromatic rings. The normalized spacial score (nSPS) is 9.64. The van der Waals surface area contributed by atoms with Crippen molar-refractivity contribution in [2.75, 3.05) is 11.9 Å². The van der Waals surface area contributed by atoms with Crippen molar-refractivity contribution in [1.82, 2.24) is 0 Å². The zero-order valence-corrected chi connectivity index (χ0v) is 10.7. The highest BCUT2D eigenvalue weighted by molar-refractivity contribution is 9.11. The third kappa shape index (κ3) is 3.31. The number of carbonyl (C=O) groups is 1. The topological polar surface area (TPSA) is 38.3 Å². The van der Waals surface area contributed by atoms with Crippen LogP contribution in [-0.2, 0) is 4.74 Å². The number of anilines is 1. The van der Waals surface area contributed by atoms with Crippen LogP contribution in [0.25, 0.3) is 0 Å². The van der Waals surface area contributed by atoms with Crippen LogP contribution >= 0.6 is 31.9 Å². The number of nitrogens with one attached hydrogen (secondary N) is 1. The zero-order valence-electron chi connectivity index (χ0n) is 7.51. The minimum atomic E-state index is -0.449. The van der Waals surface area contributed by atoms with E-state index in [9.17, 15) is 4.79 Å². The first-order valence-electron chi connectivity index (χ1n) is 4.02. The van der Waals surface area contributed by atoms with Gasteiger partial charge in [-0.05, 0) is 41.1 Å². The molecule has 1 aromatic carbocycles. The fraction of sp³-hybridized carbons (Fsp3) is 0.222. The molecule has 0 radical (unpaired) electrons. The molecule has 3 nitrogen and oxygen atoms in total. The SMILES string of the molecule is CCOC(=O)Nc1ccc(Br)cc1Br. The molecular weight excluding hydrogens is 314 g/mol. The van der Waals surface area contributed by atoms with Gasteiger partial charge < -0.3 is 4.74 Å². The van der Waals surface area contributed by atoms with Gasteiger partial charge in [0.05, 0.1) is 12.3 Å². The summed E-state index contributed by atoms with van der Waals surface area (Å²) < 4.78 is 6.50. The molecule has 0 saturated heterocycles. The molecule has 0 aliphatic carbocycles. The van der Waals surface area contributed by atoms with E-state index >= 15 is 0 Å². The number of carbonyl (C=O) groups excluding carboxylic acids is 1. The van der Waals surface area contributed by atoms with Crippen molar-refractivity contribution in [2.24, 2.45) is 0 Å². The first-order chi connectivity index (χ1) is 6.63. The Bertz CT molecular complexity index is 342. The van der Waals surface area contributed by atoms with E-state index in [-0.39, 0.29) is 0 Å². The van der Waals surface area contributed by atoms with Gasteiger partial charge in [-0.3, -0.25) is 5.32 Å². The molecule has 0 unspecified atom stereocenters. The van der Waals surface area contributed by atoms with Gasteiger partial charge in [-0.25, -0.2) is 4.79 Å². The summed E-state index contributed by atoms with van der Waals surface area (Å²) >= 11 is 6.65. The predicted molar refractivity (Wildman–Crippen MR) is 62.5 cm³/mol. The minimum absolute atomic E-state index is 0.361. The van der Waals surface area contributed by atoms with E-state index < -0.39 is 6.09 Å². The molecule has 0 atom stereocenters. The second-order valence-electron chi connectivity index (χ2n) is 2.47. The molecular formula is C9H9Br2NO2. The van der Waals surface area contributed by atoms with Gasteiger partial charge in [-0.2, -0.15) is 0 Å². The fourth-order valence-corrected chi connectivity index (χ4v) is 2.01. The highest BCUT2D eigenvalue weighted by Gasteiger charge is 2.05. The van der Waals surface area contributed by atoms with Gasteiger partial charge in [0.2, 0.25) is 0 Å². The van der Waals surface area contributed by atoms with E-state index in [0.717, 1.165) is 8.95 Å². The third-order valence-corrected chi connectivity index (χ3v) is 2.59. The number of amides is 1. The lowest BCUT2D eigenvalue weighted by Gasteiger charge is -2.07. The lowest BCUT2D eigenvalue weighted by atomic mass is 10.3. The highest BCUT2D eigenvalue weighted by Crippen LogP contribution is 2.26. The molecule has 5 heteroatoms. The van der Waals surface area contributed by atoms with E-state index in [4.69, 9.17) is 4.74 Å². The first-order valence-corrected chi connectivity index (χ1v) is 5.61. The van der Waals surface area contributed by atoms with Crippen molar-refractivity contribution in [1.29, 1.82) is 0 Å². The largest absolute Gasteiger partial charge is 0.450 e.